The summed E-state index contributed by atoms with van der Waals surface area (Å²) in [5.74, 6) is 1.46. The summed E-state index contributed by atoms with van der Waals surface area (Å²) in [5, 5.41) is 0. The van der Waals surface area contributed by atoms with Crippen molar-refractivity contribution in [1.82, 2.24) is 9.97 Å². The molecular weight excluding hydrogens is 244 g/mol. The van der Waals surface area contributed by atoms with Crippen molar-refractivity contribution >= 4 is 0 Å². The molecule has 2 aromatic rings. The Balaban J connectivity index is 2.60. The van der Waals surface area contributed by atoms with E-state index in [0.717, 1.165) is 22.6 Å². The molecule has 0 saturated heterocycles. The number of nitrogens with zero attached hydrogens (tertiary/aromatic N) is 2. The smallest absolute Gasteiger partial charge is 0.316 e. The molecule has 0 aliphatic rings. The zero-order valence-electron chi connectivity index (χ0n) is 11.4. The first-order chi connectivity index (χ1) is 9.19. The summed E-state index contributed by atoms with van der Waals surface area (Å²) in [4.78, 5) is 8.34. The standard InChI is InChI=1S/C14H16N2O3/c1-9-7-10(17-2)8-12(18-3)13(9)11-5-6-15-14(16-11)19-4/h5-8H,1-4H3. The minimum Gasteiger partial charge on any atom is -0.497 e. The Hall–Kier alpha value is -2.30. The molecule has 0 N–H and O–H groups in total. The molecule has 1 heterocycles. The molecule has 0 amide bonds. The number of rotatable bonds is 4. The lowest BCUT2D eigenvalue weighted by atomic mass is 10.0. The first kappa shape index (κ1) is 13.1. The summed E-state index contributed by atoms with van der Waals surface area (Å²) >= 11 is 0. The van der Waals surface area contributed by atoms with E-state index in [1.165, 1.54) is 7.11 Å². The van der Waals surface area contributed by atoms with Crippen molar-refractivity contribution in [2.45, 2.75) is 6.92 Å². The summed E-state index contributed by atoms with van der Waals surface area (Å²) < 4.78 is 15.7. The molecular formula is C14H16N2O3. The summed E-state index contributed by atoms with van der Waals surface area (Å²) in [5.41, 5.74) is 2.67. The number of hydrogen-bond acceptors (Lipinski definition) is 5. The van der Waals surface area contributed by atoms with E-state index in [2.05, 4.69) is 9.97 Å². The molecule has 0 bridgehead atoms. The maximum Gasteiger partial charge on any atom is 0.316 e. The van der Waals surface area contributed by atoms with E-state index in [1.54, 1.807) is 20.4 Å². The molecule has 0 radical (unpaired) electrons. The third kappa shape index (κ3) is 2.59. The Bertz CT molecular complexity index is 585. The molecule has 100 valence electrons. The first-order valence-electron chi connectivity index (χ1n) is 5.79. The second kappa shape index (κ2) is 5.56. The van der Waals surface area contributed by atoms with Gasteiger partial charge in [-0.25, -0.2) is 4.98 Å². The topological polar surface area (TPSA) is 53.5 Å². The highest BCUT2D eigenvalue weighted by atomic mass is 16.5. The van der Waals surface area contributed by atoms with Gasteiger partial charge in [-0.3, -0.25) is 0 Å². The molecule has 2 rings (SSSR count). The average Bonchev–Trinajstić information content (AvgIpc) is 2.46. The van der Waals surface area contributed by atoms with Crippen molar-refractivity contribution in [2.24, 2.45) is 0 Å². The normalized spacial score (nSPS) is 10.1. The van der Waals surface area contributed by atoms with Crippen LogP contribution in [0.1, 0.15) is 5.56 Å². The molecule has 1 aromatic carbocycles. The maximum atomic E-state index is 5.42. The summed E-state index contributed by atoms with van der Waals surface area (Å²) in [6.07, 6.45) is 1.66. The zero-order valence-corrected chi connectivity index (χ0v) is 11.4. The SMILES string of the molecule is COc1cc(C)c(-c2ccnc(OC)n2)c(OC)c1. The number of benzene rings is 1. The van der Waals surface area contributed by atoms with Crippen LogP contribution in [0.3, 0.4) is 0 Å². The molecule has 19 heavy (non-hydrogen) atoms. The van der Waals surface area contributed by atoms with Crippen LogP contribution in [-0.2, 0) is 0 Å². The van der Waals surface area contributed by atoms with Gasteiger partial charge in [-0.2, -0.15) is 4.98 Å². The van der Waals surface area contributed by atoms with Crippen LogP contribution in [0.25, 0.3) is 11.3 Å². The fraction of sp³-hybridized carbons (Fsp3) is 0.286. The lowest BCUT2D eigenvalue weighted by Gasteiger charge is -2.13. The van der Waals surface area contributed by atoms with Gasteiger partial charge in [0, 0.05) is 17.8 Å². The molecule has 0 aliphatic carbocycles. The van der Waals surface area contributed by atoms with Gasteiger partial charge in [0.05, 0.1) is 27.0 Å². The van der Waals surface area contributed by atoms with Gasteiger partial charge in [0.1, 0.15) is 11.5 Å². The molecule has 1 aromatic heterocycles. The summed E-state index contributed by atoms with van der Waals surface area (Å²) in [6.45, 7) is 1.98. The third-order valence-electron chi connectivity index (χ3n) is 2.80. The Labute approximate surface area is 112 Å². The van der Waals surface area contributed by atoms with E-state index in [1.807, 2.05) is 25.1 Å². The molecule has 5 nitrogen and oxygen atoms in total. The van der Waals surface area contributed by atoms with Gasteiger partial charge in [0.25, 0.3) is 0 Å². The van der Waals surface area contributed by atoms with Crippen LogP contribution in [0.15, 0.2) is 24.4 Å². The first-order valence-corrected chi connectivity index (χ1v) is 5.79. The van der Waals surface area contributed by atoms with Crippen molar-refractivity contribution < 1.29 is 14.2 Å². The summed E-state index contributed by atoms with van der Waals surface area (Å²) in [6, 6.07) is 5.92. The monoisotopic (exact) mass is 260 g/mol. The van der Waals surface area contributed by atoms with E-state index in [0.29, 0.717) is 11.8 Å². The predicted octanol–water partition coefficient (Wildman–Crippen LogP) is 2.48. The lowest BCUT2D eigenvalue weighted by Crippen LogP contribution is -1.97. The maximum absolute atomic E-state index is 5.42. The van der Waals surface area contributed by atoms with Crippen molar-refractivity contribution in [3.8, 4) is 28.8 Å². The van der Waals surface area contributed by atoms with Crippen molar-refractivity contribution in [3.63, 3.8) is 0 Å². The third-order valence-corrected chi connectivity index (χ3v) is 2.80. The van der Waals surface area contributed by atoms with E-state index >= 15 is 0 Å². The van der Waals surface area contributed by atoms with E-state index in [9.17, 15) is 0 Å². The minimum absolute atomic E-state index is 0.328. The van der Waals surface area contributed by atoms with Gasteiger partial charge in [-0.05, 0) is 24.6 Å². The molecule has 0 aliphatic heterocycles. The van der Waals surface area contributed by atoms with Crippen LogP contribution in [0.5, 0.6) is 17.5 Å². The van der Waals surface area contributed by atoms with Crippen LogP contribution in [0.2, 0.25) is 0 Å². The fourth-order valence-electron chi connectivity index (χ4n) is 1.91. The largest absolute Gasteiger partial charge is 0.497 e. The van der Waals surface area contributed by atoms with Crippen LogP contribution in [0, 0.1) is 6.92 Å². The highest BCUT2D eigenvalue weighted by Crippen LogP contribution is 2.35. The van der Waals surface area contributed by atoms with Gasteiger partial charge in [0.2, 0.25) is 0 Å². The zero-order chi connectivity index (χ0) is 13.8. The average molecular weight is 260 g/mol. The lowest BCUT2D eigenvalue weighted by molar-refractivity contribution is 0.380. The van der Waals surface area contributed by atoms with Gasteiger partial charge < -0.3 is 14.2 Å². The molecule has 0 unspecified atom stereocenters. The Morgan fingerprint density at radius 2 is 1.79 bits per heavy atom. The van der Waals surface area contributed by atoms with Crippen LogP contribution in [0.4, 0.5) is 0 Å². The molecule has 0 saturated carbocycles. The summed E-state index contributed by atoms with van der Waals surface area (Å²) in [7, 11) is 4.79. The van der Waals surface area contributed by atoms with Crippen LogP contribution >= 0.6 is 0 Å². The number of hydrogen-bond donors (Lipinski definition) is 0. The van der Waals surface area contributed by atoms with E-state index in [-0.39, 0.29) is 0 Å². The van der Waals surface area contributed by atoms with Gasteiger partial charge in [0.15, 0.2) is 0 Å². The second-order valence-corrected chi connectivity index (χ2v) is 3.95. The van der Waals surface area contributed by atoms with Gasteiger partial charge >= 0.3 is 6.01 Å². The van der Waals surface area contributed by atoms with Gasteiger partial charge in [-0.1, -0.05) is 0 Å². The van der Waals surface area contributed by atoms with Crippen molar-refractivity contribution in [3.05, 3.63) is 30.0 Å². The Kier molecular flexibility index (Phi) is 3.85. The predicted molar refractivity (Wildman–Crippen MR) is 71.9 cm³/mol. The molecule has 0 spiro atoms. The van der Waals surface area contributed by atoms with Crippen LogP contribution in [-0.4, -0.2) is 31.3 Å². The van der Waals surface area contributed by atoms with E-state index < -0.39 is 0 Å². The number of methoxy groups -OCH3 is 3. The Morgan fingerprint density at radius 1 is 1.00 bits per heavy atom. The van der Waals surface area contributed by atoms with Crippen LogP contribution < -0.4 is 14.2 Å². The van der Waals surface area contributed by atoms with Crippen molar-refractivity contribution in [2.75, 3.05) is 21.3 Å². The highest BCUT2D eigenvalue weighted by Gasteiger charge is 2.13. The number of ether oxygens (including phenoxy) is 3. The Morgan fingerprint density at radius 3 is 2.42 bits per heavy atom. The highest BCUT2D eigenvalue weighted by molar-refractivity contribution is 5.72. The van der Waals surface area contributed by atoms with Gasteiger partial charge in [-0.15, -0.1) is 0 Å². The molecule has 0 atom stereocenters. The van der Waals surface area contributed by atoms with E-state index in [4.69, 9.17) is 14.2 Å². The minimum atomic E-state index is 0.328. The molecule has 0 fully saturated rings. The number of aryl methyl sites for hydroxylation is 1. The second-order valence-electron chi connectivity index (χ2n) is 3.95. The number of aromatic nitrogens is 2. The molecule has 5 heteroatoms. The fourth-order valence-corrected chi connectivity index (χ4v) is 1.91. The quantitative estimate of drug-likeness (QED) is 0.845. The van der Waals surface area contributed by atoms with Crippen molar-refractivity contribution in [1.29, 1.82) is 0 Å².